The summed E-state index contributed by atoms with van der Waals surface area (Å²) in [6.45, 7) is 3.52. The summed E-state index contributed by atoms with van der Waals surface area (Å²) in [5, 5.41) is 21.1. The number of amides is 5. The molecule has 0 radical (unpaired) electrons. The van der Waals surface area contributed by atoms with Crippen LogP contribution in [0.25, 0.3) is 11.1 Å². The van der Waals surface area contributed by atoms with Crippen molar-refractivity contribution in [1.82, 2.24) is 26.2 Å². The largest absolute Gasteiger partial charge is 0.481 e. The first-order valence-corrected chi connectivity index (χ1v) is 21.2. The zero-order chi connectivity index (χ0) is 41.0. The topological polar surface area (TPSA) is 203 Å². The molecule has 3 atom stereocenters. The molecule has 0 spiro atoms. The smallest absolute Gasteiger partial charge is 0.407 e. The van der Waals surface area contributed by atoms with Gasteiger partial charge in [-0.2, -0.15) is 11.8 Å². The van der Waals surface area contributed by atoms with Gasteiger partial charge in [0.15, 0.2) is 0 Å². The van der Waals surface area contributed by atoms with Gasteiger partial charge in [-0.05, 0) is 35.1 Å². The molecule has 0 aromatic heterocycles. The number of rotatable bonds is 28. The monoisotopic (exact) mass is 827 g/mol. The molecule has 3 aliphatic rings. The van der Waals surface area contributed by atoms with Crippen LogP contribution in [-0.4, -0.2) is 149 Å². The van der Waals surface area contributed by atoms with Gasteiger partial charge < -0.3 is 55.0 Å². The van der Waals surface area contributed by atoms with E-state index in [0.29, 0.717) is 57.9 Å². The number of hydrogen-bond acceptors (Lipinski definition) is 11. The Morgan fingerprint density at radius 3 is 2.05 bits per heavy atom. The first kappa shape index (κ1) is 44.7. The fourth-order valence-corrected chi connectivity index (χ4v) is 8.78. The number of carbonyl (C=O) groups is 5. The van der Waals surface area contributed by atoms with Crippen molar-refractivity contribution in [3.05, 3.63) is 59.7 Å². The third-order valence-electron chi connectivity index (χ3n) is 10.2. The number of benzene rings is 2. The fraction of sp³-hybridized carbons (Fsp3) is 0.585. The molecule has 5 N–H and O–H groups in total. The number of fused-ring (bicyclic) bond motifs is 4. The maximum atomic E-state index is 12.9. The average Bonchev–Trinajstić information content (AvgIpc) is 3.88. The van der Waals surface area contributed by atoms with Crippen LogP contribution >= 0.6 is 11.8 Å². The number of aliphatic carboxylic acids is 1. The molecule has 2 aromatic carbocycles. The van der Waals surface area contributed by atoms with Crippen LogP contribution < -0.4 is 21.3 Å². The summed E-state index contributed by atoms with van der Waals surface area (Å²) < 4.78 is 27.6. The Balaban J connectivity index is 0.812. The lowest BCUT2D eigenvalue weighted by Crippen LogP contribution is -2.40. The van der Waals surface area contributed by atoms with Crippen LogP contribution in [0.1, 0.15) is 55.6 Å². The first-order chi connectivity index (χ1) is 28.3. The standard InChI is InChI=1S/C41H57N5O11S/c47-36(12-6-5-11-35-39-34(28-58-35)44-40(51)45-39)42-16-20-54-22-24-56-26-25-55-23-21-53-19-14-37(48)46(17-13-38(49)50)18-15-43-41(52)57-27-33-31-9-3-1-7-29(31)30-8-2-4-10-32(30)33/h1-4,7-10,33-35,39H,5-6,11-28H2,(H,42,47)(H,43,52)(H,49,50)(H2,44,45,51)/t34-,35-,39-/m0/s1. The van der Waals surface area contributed by atoms with Crippen LogP contribution in [0.2, 0.25) is 0 Å². The predicted molar refractivity (Wildman–Crippen MR) is 217 cm³/mol. The van der Waals surface area contributed by atoms with Crippen molar-refractivity contribution in [2.24, 2.45) is 0 Å². The zero-order valence-electron chi connectivity index (χ0n) is 33.0. The molecule has 0 bridgehead atoms. The van der Waals surface area contributed by atoms with E-state index in [-0.39, 0.29) is 88.1 Å². The van der Waals surface area contributed by atoms with Crippen molar-refractivity contribution in [3.8, 4) is 11.1 Å². The van der Waals surface area contributed by atoms with E-state index < -0.39 is 12.1 Å². The molecule has 5 amide bonds. The third-order valence-corrected chi connectivity index (χ3v) is 11.7. The van der Waals surface area contributed by atoms with Gasteiger partial charge in [0.05, 0.1) is 77.8 Å². The van der Waals surface area contributed by atoms with Gasteiger partial charge in [-0.1, -0.05) is 55.0 Å². The van der Waals surface area contributed by atoms with E-state index in [1.807, 2.05) is 48.2 Å². The van der Waals surface area contributed by atoms with Crippen molar-refractivity contribution < 1.29 is 52.8 Å². The van der Waals surface area contributed by atoms with E-state index >= 15 is 0 Å². The lowest BCUT2D eigenvalue weighted by Gasteiger charge is -2.22. The van der Waals surface area contributed by atoms with Gasteiger partial charge in [0.2, 0.25) is 11.8 Å². The Hall–Kier alpha value is -4.42. The number of urea groups is 1. The SMILES string of the molecule is O=C(O)CCN(CCNC(=O)OCC1c2ccccc2-c2ccccc21)C(=O)CCOCCOCCOCCOCCNC(=O)CCCC[C@@H]1SC[C@@H]2NC(=O)N[C@@H]21. The van der Waals surface area contributed by atoms with Crippen LogP contribution in [0.5, 0.6) is 0 Å². The van der Waals surface area contributed by atoms with E-state index in [2.05, 4.69) is 33.4 Å². The van der Waals surface area contributed by atoms with Gasteiger partial charge in [0.25, 0.3) is 0 Å². The zero-order valence-corrected chi connectivity index (χ0v) is 33.8. The quantitative estimate of drug-likeness (QED) is 0.0621. The number of hydrogen-bond donors (Lipinski definition) is 5. The number of carbonyl (C=O) groups excluding carboxylic acids is 4. The minimum atomic E-state index is -1.02. The minimum Gasteiger partial charge on any atom is -0.481 e. The number of nitrogens with zero attached hydrogens (tertiary/aromatic N) is 1. The number of nitrogens with one attached hydrogen (secondary N) is 4. The second kappa shape index (κ2) is 24.5. The van der Waals surface area contributed by atoms with Gasteiger partial charge in [-0.15, -0.1) is 0 Å². The van der Waals surface area contributed by atoms with Crippen LogP contribution in [0.3, 0.4) is 0 Å². The van der Waals surface area contributed by atoms with Crippen LogP contribution in [0.15, 0.2) is 48.5 Å². The molecule has 0 saturated carbocycles. The number of alkyl carbamates (subject to hydrolysis) is 1. The molecular weight excluding hydrogens is 771 g/mol. The average molecular weight is 828 g/mol. The summed E-state index contributed by atoms with van der Waals surface area (Å²) in [6, 6.07) is 16.5. The van der Waals surface area contributed by atoms with E-state index in [4.69, 9.17) is 28.8 Å². The number of carboxylic acids is 1. The summed E-state index contributed by atoms with van der Waals surface area (Å²) in [5.41, 5.74) is 4.48. The van der Waals surface area contributed by atoms with Crippen LogP contribution in [-0.2, 0) is 38.1 Å². The Morgan fingerprint density at radius 1 is 0.741 bits per heavy atom. The molecule has 17 heteroatoms. The molecule has 2 heterocycles. The van der Waals surface area contributed by atoms with Crippen molar-refractivity contribution in [3.63, 3.8) is 0 Å². The molecule has 2 aliphatic heterocycles. The summed E-state index contributed by atoms with van der Waals surface area (Å²) in [6.07, 6.45) is 2.45. The highest BCUT2D eigenvalue weighted by atomic mass is 32.2. The molecule has 2 fully saturated rings. The Labute approximate surface area is 343 Å². The van der Waals surface area contributed by atoms with E-state index in [9.17, 15) is 24.0 Å². The maximum absolute atomic E-state index is 12.9. The van der Waals surface area contributed by atoms with Crippen molar-refractivity contribution in [2.75, 3.05) is 91.4 Å². The molecule has 0 unspecified atom stereocenters. The summed E-state index contributed by atoms with van der Waals surface area (Å²) in [7, 11) is 0. The van der Waals surface area contributed by atoms with Gasteiger partial charge in [-0.3, -0.25) is 14.4 Å². The number of thioether (sulfide) groups is 1. The summed E-state index contributed by atoms with van der Waals surface area (Å²) in [4.78, 5) is 61.6. The van der Waals surface area contributed by atoms with E-state index in [1.165, 1.54) is 4.90 Å². The molecule has 16 nitrogen and oxygen atoms in total. The van der Waals surface area contributed by atoms with Gasteiger partial charge in [0.1, 0.15) is 6.61 Å². The number of carboxylic acid groups (broad SMARTS) is 1. The van der Waals surface area contributed by atoms with Crippen LogP contribution in [0, 0.1) is 0 Å². The Morgan fingerprint density at radius 2 is 1.38 bits per heavy atom. The van der Waals surface area contributed by atoms with Crippen molar-refractivity contribution in [2.45, 2.75) is 61.8 Å². The predicted octanol–water partition coefficient (Wildman–Crippen LogP) is 3.13. The highest BCUT2D eigenvalue weighted by molar-refractivity contribution is 8.00. The molecule has 2 aromatic rings. The lowest BCUT2D eigenvalue weighted by atomic mass is 9.98. The second-order valence-corrected chi connectivity index (χ2v) is 15.5. The van der Waals surface area contributed by atoms with Gasteiger partial charge in [-0.25, -0.2) is 9.59 Å². The normalized spacial score (nSPS) is 17.8. The van der Waals surface area contributed by atoms with E-state index in [0.717, 1.165) is 47.3 Å². The first-order valence-electron chi connectivity index (χ1n) is 20.1. The van der Waals surface area contributed by atoms with E-state index in [1.54, 1.807) is 0 Å². The highest BCUT2D eigenvalue weighted by Crippen LogP contribution is 2.44. The summed E-state index contributed by atoms with van der Waals surface area (Å²) in [5.74, 6) is -0.428. The van der Waals surface area contributed by atoms with Crippen molar-refractivity contribution in [1.29, 1.82) is 0 Å². The molecular formula is C41H57N5O11S. The van der Waals surface area contributed by atoms with Gasteiger partial charge >= 0.3 is 18.1 Å². The lowest BCUT2D eigenvalue weighted by molar-refractivity contribution is -0.138. The molecule has 318 valence electrons. The molecule has 58 heavy (non-hydrogen) atoms. The summed E-state index contributed by atoms with van der Waals surface area (Å²) >= 11 is 1.88. The van der Waals surface area contributed by atoms with Gasteiger partial charge in [0, 0.05) is 49.5 Å². The third kappa shape index (κ3) is 14.4. The number of ether oxygens (including phenoxy) is 5. The van der Waals surface area contributed by atoms with Crippen molar-refractivity contribution >= 4 is 41.7 Å². The highest BCUT2D eigenvalue weighted by Gasteiger charge is 2.42. The second-order valence-electron chi connectivity index (χ2n) is 14.2. The number of unbranched alkanes of at least 4 members (excludes halogenated alkanes) is 1. The molecule has 2 saturated heterocycles. The molecule has 5 rings (SSSR count). The fourth-order valence-electron chi connectivity index (χ4n) is 7.24. The Bertz CT molecular complexity index is 1610. The maximum Gasteiger partial charge on any atom is 0.407 e. The van der Waals surface area contributed by atoms with Crippen LogP contribution in [0.4, 0.5) is 9.59 Å². The minimum absolute atomic E-state index is 0.00927. The Kier molecular flexibility index (Phi) is 18.9. The molecule has 1 aliphatic carbocycles.